The number of phosphoric ester groups is 1. The largest absolute Gasteiger partial charge is 0.526 e. The van der Waals surface area contributed by atoms with Crippen LogP contribution in [0.15, 0.2) is 12.3 Å². The van der Waals surface area contributed by atoms with Gasteiger partial charge in [-0.3, -0.25) is 14.6 Å². The summed E-state index contributed by atoms with van der Waals surface area (Å²) in [5.74, 6) is -0.240. The summed E-state index contributed by atoms with van der Waals surface area (Å²) in [4.78, 5) is 27.7. The Morgan fingerprint density at radius 1 is 1.16 bits per heavy atom. The maximum absolute atomic E-state index is 10.9. The van der Waals surface area contributed by atoms with Crippen LogP contribution in [-0.2, 0) is 23.4 Å². The third-order valence-corrected chi connectivity index (χ3v) is 2.41. The summed E-state index contributed by atoms with van der Waals surface area (Å²) in [6.07, 6.45) is 1.97. The van der Waals surface area contributed by atoms with E-state index in [-0.39, 0.29) is 6.42 Å². The minimum Gasteiger partial charge on any atom is -0.496 e. The highest BCUT2D eigenvalue weighted by molar-refractivity contribution is 7.46. The van der Waals surface area contributed by atoms with Crippen LogP contribution in [0.3, 0.4) is 0 Å². The minimum absolute atomic E-state index is 0.0100. The molecule has 2 N–H and O–H groups in total. The van der Waals surface area contributed by atoms with Crippen molar-refractivity contribution in [3.8, 4) is 0 Å². The molecule has 0 aliphatic heterocycles. The molecule has 0 heterocycles. The summed E-state index contributed by atoms with van der Waals surface area (Å²) >= 11 is 0. The Morgan fingerprint density at radius 2 is 1.84 bits per heavy atom. The molecule has 112 valence electrons. The van der Waals surface area contributed by atoms with E-state index in [0.29, 0.717) is 32.0 Å². The van der Waals surface area contributed by atoms with Crippen LogP contribution in [0.5, 0.6) is 0 Å². The molecule has 0 rings (SSSR count). The average Bonchev–Trinajstić information content (AvgIpc) is 2.24. The van der Waals surface area contributed by atoms with Gasteiger partial charge in [-0.25, -0.2) is 4.57 Å². The number of allylic oxidation sites excluding steroid dienone is 1. The fourth-order valence-electron chi connectivity index (χ4n) is 1.21. The number of ether oxygens (including phenoxy) is 2. The quantitative estimate of drug-likeness (QED) is 0.340. The first-order valence-electron chi connectivity index (χ1n) is 5.95. The van der Waals surface area contributed by atoms with Gasteiger partial charge in [-0.2, -0.15) is 0 Å². The second-order valence-corrected chi connectivity index (χ2v) is 5.09. The van der Waals surface area contributed by atoms with Gasteiger partial charge in [0.25, 0.3) is 0 Å². The Labute approximate surface area is 112 Å². The highest BCUT2D eigenvalue weighted by atomic mass is 31.2. The SMILES string of the molecule is C=C(C)OCCOCCCCCC(=O)OP(=O)(O)O. The number of hydrogen-bond acceptors (Lipinski definition) is 5. The predicted octanol–water partition coefficient (Wildman–Crippen LogP) is 1.75. The minimum atomic E-state index is -4.70. The van der Waals surface area contributed by atoms with E-state index in [2.05, 4.69) is 11.1 Å². The molecule has 0 aromatic rings. The maximum Gasteiger partial charge on any atom is 0.526 e. The van der Waals surface area contributed by atoms with E-state index in [1.807, 2.05) is 0 Å². The number of phosphoric acid groups is 1. The van der Waals surface area contributed by atoms with E-state index in [1.165, 1.54) is 0 Å². The van der Waals surface area contributed by atoms with Gasteiger partial charge in [0.2, 0.25) is 0 Å². The molecule has 0 spiro atoms. The van der Waals surface area contributed by atoms with Crippen molar-refractivity contribution in [1.29, 1.82) is 0 Å². The number of carbonyl (C=O) groups is 1. The third kappa shape index (κ3) is 15.1. The second-order valence-electron chi connectivity index (χ2n) is 3.93. The molecule has 0 amide bonds. The normalized spacial score (nSPS) is 11.1. The number of unbranched alkanes of at least 4 members (excludes halogenated alkanes) is 2. The fraction of sp³-hybridized carbons (Fsp3) is 0.727. The number of carbonyl (C=O) groups excluding carboxylic acids is 1. The summed E-state index contributed by atoms with van der Waals surface area (Å²) in [6, 6.07) is 0. The zero-order valence-corrected chi connectivity index (χ0v) is 11.9. The molecule has 0 atom stereocenters. The van der Waals surface area contributed by atoms with Crippen molar-refractivity contribution in [3.63, 3.8) is 0 Å². The Hall–Kier alpha value is -0.880. The lowest BCUT2D eigenvalue weighted by atomic mass is 10.2. The maximum atomic E-state index is 10.9. The van der Waals surface area contributed by atoms with Crippen LogP contribution in [0.4, 0.5) is 0 Å². The lowest BCUT2D eigenvalue weighted by molar-refractivity contribution is -0.135. The molecule has 0 saturated heterocycles. The topological polar surface area (TPSA) is 102 Å². The molecule has 7 nitrogen and oxygen atoms in total. The Balaban J connectivity index is 3.29. The molecule has 0 unspecified atom stereocenters. The van der Waals surface area contributed by atoms with Gasteiger partial charge in [-0.1, -0.05) is 13.0 Å². The van der Waals surface area contributed by atoms with E-state index >= 15 is 0 Å². The van der Waals surface area contributed by atoms with E-state index in [9.17, 15) is 9.36 Å². The lowest BCUT2D eigenvalue weighted by Gasteiger charge is -2.06. The molecule has 0 fully saturated rings. The van der Waals surface area contributed by atoms with Crippen LogP contribution >= 0.6 is 7.82 Å². The molecule has 0 bridgehead atoms. The molecule has 0 radical (unpaired) electrons. The van der Waals surface area contributed by atoms with Gasteiger partial charge in [0.05, 0.1) is 12.4 Å². The zero-order chi connectivity index (χ0) is 14.7. The van der Waals surface area contributed by atoms with Crippen LogP contribution in [0.2, 0.25) is 0 Å². The van der Waals surface area contributed by atoms with Gasteiger partial charge < -0.3 is 14.0 Å². The molecule has 0 aliphatic carbocycles. The van der Waals surface area contributed by atoms with Crippen molar-refractivity contribution in [2.24, 2.45) is 0 Å². The van der Waals surface area contributed by atoms with E-state index in [4.69, 9.17) is 19.3 Å². The Morgan fingerprint density at radius 3 is 2.42 bits per heavy atom. The first-order valence-corrected chi connectivity index (χ1v) is 7.48. The van der Waals surface area contributed by atoms with Crippen LogP contribution in [0, 0.1) is 0 Å². The Kier molecular flexibility index (Phi) is 9.51. The van der Waals surface area contributed by atoms with Crippen LogP contribution in [0.25, 0.3) is 0 Å². The highest BCUT2D eigenvalue weighted by Crippen LogP contribution is 2.36. The first kappa shape index (κ1) is 18.1. The average molecular weight is 296 g/mol. The second kappa shape index (κ2) is 9.97. The summed E-state index contributed by atoms with van der Waals surface area (Å²) < 4.78 is 24.6. The summed E-state index contributed by atoms with van der Waals surface area (Å²) in [5, 5.41) is 0. The van der Waals surface area contributed by atoms with Gasteiger partial charge in [-0.05, 0) is 19.8 Å². The number of rotatable bonds is 11. The van der Waals surface area contributed by atoms with E-state index in [0.717, 1.165) is 12.8 Å². The summed E-state index contributed by atoms with van der Waals surface area (Å²) in [6.45, 7) is 6.83. The zero-order valence-electron chi connectivity index (χ0n) is 11.0. The first-order chi connectivity index (χ1) is 8.81. The molecular weight excluding hydrogens is 275 g/mol. The van der Waals surface area contributed by atoms with E-state index < -0.39 is 13.8 Å². The standard InChI is InChI=1S/C11H21O7P/c1-10(2)17-9-8-16-7-5-3-4-6-11(12)18-19(13,14)15/h1,3-9H2,2H3,(H2,13,14,15). The van der Waals surface area contributed by atoms with Crippen LogP contribution in [0.1, 0.15) is 32.6 Å². The molecule has 8 heteroatoms. The molecule has 0 saturated carbocycles. The van der Waals surface area contributed by atoms with Gasteiger partial charge in [-0.15, -0.1) is 0 Å². The number of hydrogen-bond donors (Lipinski definition) is 2. The summed E-state index contributed by atoms with van der Waals surface area (Å²) in [7, 11) is -4.70. The summed E-state index contributed by atoms with van der Waals surface area (Å²) in [5.41, 5.74) is 0. The lowest BCUT2D eigenvalue weighted by Crippen LogP contribution is -2.05. The molecule has 0 aromatic carbocycles. The van der Waals surface area contributed by atoms with Crippen molar-refractivity contribution in [3.05, 3.63) is 12.3 Å². The molecule has 19 heavy (non-hydrogen) atoms. The Bertz CT molecular complexity index is 323. The van der Waals surface area contributed by atoms with Crippen LogP contribution < -0.4 is 0 Å². The van der Waals surface area contributed by atoms with Gasteiger partial charge >= 0.3 is 13.8 Å². The molecule has 0 aromatic heterocycles. The third-order valence-electron chi connectivity index (χ3n) is 1.97. The van der Waals surface area contributed by atoms with Crippen LogP contribution in [-0.4, -0.2) is 35.6 Å². The monoisotopic (exact) mass is 296 g/mol. The van der Waals surface area contributed by atoms with Crippen molar-refractivity contribution in [1.82, 2.24) is 0 Å². The smallest absolute Gasteiger partial charge is 0.496 e. The van der Waals surface area contributed by atoms with Gasteiger partial charge in [0.15, 0.2) is 0 Å². The van der Waals surface area contributed by atoms with Crippen molar-refractivity contribution in [2.75, 3.05) is 19.8 Å². The molecule has 0 aliphatic rings. The van der Waals surface area contributed by atoms with E-state index in [1.54, 1.807) is 6.92 Å². The van der Waals surface area contributed by atoms with Gasteiger partial charge in [0, 0.05) is 13.0 Å². The fourth-order valence-corrected chi connectivity index (χ4v) is 1.56. The van der Waals surface area contributed by atoms with Gasteiger partial charge in [0.1, 0.15) is 6.61 Å². The molecular formula is C11H21O7P. The van der Waals surface area contributed by atoms with Crippen molar-refractivity contribution < 1.29 is 33.1 Å². The predicted molar refractivity (Wildman–Crippen MR) is 68.2 cm³/mol. The highest BCUT2D eigenvalue weighted by Gasteiger charge is 2.19. The van der Waals surface area contributed by atoms with Crippen molar-refractivity contribution >= 4 is 13.8 Å². The van der Waals surface area contributed by atoms with Crippen molar-refractivity contribution in [2.45, 2.75) is 32.6 Å².